The minimum absolute atomic E-state index is 0.161. The van der Waals surface area contributed by atoms with E-state index < -0.39 is 0 Å². The van der Waals surface area contributed by atoms with Crippen molar-refractivity contribution in [3.63, 3.8) is 0 Å². The van der Waals surface area contributed by atoms with E-state index in [1.54, 1.807) is 17.5 Å². The smallest absolute Gasteiger partial charge is 0.270 e. The zero-order valence-corrected chi connectivity index (χ0v) is 20.4. The largest absolute Gasteiger partial charge is 0.489 e. The lowest BCUT2D eigenvalue weighted by Crippen LogP contribution is -2.24. The van der Waals surface area contributed by atoms with Crippen LogP contribution in [0.2, 0.25) is 0 Å². The fourth-order valence-corrected chi connectivity index (χ4v) is 4.45. The molecule has 1 aromatic heterocycles. The molecule has 5 nitrogen and oxygen atoms in total. The summed E-state index contributed by atoms with van der Waals surface area (Å²) in [5.41, 5.74) is 3.69. The molecule has 0 aliphatic rings. The Morgan fingerprint density at radius 1 is 0.914 bits per heavy atom. The third kappa shape index (κ3) is 7.47. The molecule has 180 valence electrons. The average Bonchev–Trinajstić information content (AvgIpc) is 3.34. The monoisotopic (exact) mass is 489 g/mol. The average molecular weight is 490 g/mol. The zero-order valence-electron chi connectivity index (χ0n) is 19.6. The van der Waals surface area contributed by atoms with Crippen molar-refractivity contribution in [1.29, 1.82) is 0 Å². The second-order valence-corrected chi connectivity index (χ2v) is 9.12. The van der Waals surface area contributed by atoms with Crippen LogP contribution < -0.4 is 10.1 Å². The van der Waals surface area contributed by atoms with E-state index >= 15 is 0 Å². The number of benzene rings is 3. The molecular weight excluding hydrogens is 461 g/mol. The molecule has 0 fully saturated rings. The van der Waals surface area contributed by atoms with Crippen LogP contribution in [0.5, 0.6) is 5.75 Å². The van der Waals surface area contributed by atoms with Crippen LogP contribution in [0, 0.1) is 5.82 Å². The quantitative estimate of drug-likeness (QED) is 0.289. The topological polar surface area (TPSA) is 54.5 Å². The molecular formula is C28H28FN3O2S. The van der Waals surface area contributed by atoms with E-state index in [1.165, 1.54) is 23.5 Å². The summed E-state index contributed by atoms with van der Waals surface area (Å²) in [5.74, 6) is 0.401. The molecule has 1 amide bonds. The van der Waals surface area contributed by atoms with E-state index in [4.69, 9.17) is 4.74 Å². The van der Waals surface area contributed by atoms with Crippen molar-refractivity contribution in [2.45, 2.75) is 33.2 Å². The van der Waals surface area contributed by atoms with Gasteiger partial charge in [0.2, 0.25) is 0 Å². The van der Waals surface area contributed by atoms with Gasteiger partial charge < -0.3 is 10.1 Å². The number of amides is 1. The predicted octanol–water partition coefficient (Wildman–Crippen LogP) is 5.81. The summed E-state index contributed by atoms with van der Waals surface area (Å²) in [6.45, 7) is 4.85. The number of carbonyl (C=O) groups excluding carboxylic acids is 1. The molecule has 0 aliphatic carbocycles. The molecule has 0 radical (unpaired) electrons. The molecule has 0 atom stereocenters. The molecule has 0 bridgehead atoms. The normalized spacial score (nSPS) is 10.9. The highest BCUT2D eigenvalue weighted by molar-refractivity contribution is 7.09. The van der Waals surface area contributed by atoms with E-state index in [2.05, 4.69) is 27.3 Å². The van der Waals surface area contributed by atoms with Gasteiger partial charge in [0.15, 0.2) is 0 Å². The predicted molar refractivity (Wildman–Crippen MR) is 137 cm³/mol. The minimum Gasteiger partial charge on any atom is -0.489 e. The van der Waals surface area contributed by atoms with Crippen molar-refractivity contribution in [1.82, 2.24) is 15.2 Å². The number of carbonyl (C=O) groups is 1. The molecule has 0 spiro atoms. The third-order valence-corrected chi connectivity index (χ3v) is 6.21. The van der Waals surface area contributed by atoms with E-state index in [-0.39, 0.29) is 11.7 Å². The van der Waals surface area contributed by atoms with E-state index in [1.807, 2.05) is 49.4 Å². The van der Waals surface area contributed by atoms with E-state index in [0.29, 0.717) is 38.5 Å². The highest BCUT2D eigenvalue weighted by atomic mass is 32.1. The van der Waals surface area contributed by atoms with Gasteiger partial charge in [0, 0.05) is 25.0 Å². The first kappa shape index (κ1) is 24.6. The first-order valence-corrected chi connectivity index (χ1v) is 12.4. The standard InChI is InChI=1S/C28H28FN3O2S/c1-2-30-28(33)26-20-35-27(31-26)18-32(16-21-8-12-24(29)13-9-21)17-22-10-14-25(15-11-22)34-19-23-6-4-3-5-7-23/h3-15,20H,2,16-19H2,1H3,(H,30,33). The van der Waals surface area contributed by atoms with Crippen LogP contribution in [-0.4, -0.2) is 22.3 Å². The highest BCUT2D eigenvalue weighted by Gasteiger charge is 2.14. The summed E-state index contributed by atoms with van der Waals surface area (Å²) in [5, 5.41) is 5.43. The van der Waals surface area contributed by atoms with Crippen LogP contribution in [-0.2, 0) is 26.2 Å². The SMILES string of the molecule is CCNC(=O)c1csc(CN(Cc2ccc(F)cc2)Cc2ccc(OCc3ccccc3)cc2)n1. The summed E-state index contributed by atoms with van der Waals surface area (Å²) in [6, 6.07) is 24.7. The van der Waals surface area contributed by atoms with Crippen molar-refractivity contribution < 1.29 is 13.9 Å². The maximum Gasteiger partial charge on any atom is 0.270 e. The molecule has 1 heterocycles. The van der Waals surface area contributed by atoms with Crippen LogP contribution in [0.1, 0.15) is 39.1 Å². The molecule has 0 saturated heterocycles. The number of aromatic nitrogens is 1. The fraction of sp³-hybridized carbons (Fsp3) is 0.214. The number of hydrogen-bond acceptors (Lipinski definition) is 5. The Hall–Kier alpha value is -3.55. The number of ether oxygens (including phenoxy) is 1. The van der Waals surface area contributed by atoms with Crippen LogP contribution in [0.25, 0.3) is 0 Å². The summed E-state index contributed by atoms with van der Waals surface area (Å²) < 4.78 is 19.3. The van der Waals surface area contributed by atoms with E-state index in [0.717, 1.165) is 27.4 Å². The van der Waals surface area contributed by atoms with Crippen molar-refractivity contribution in [2.75, 3.05) is 6.54 Å². The van der Waals surface area contributed by atoms with Gasteiger partial charge in [0.25, 0.3) is 5.91 Å². The Balaban J connectivity index is 1.43. The molecule has 35 heavy (non-hydrogen) atoms. The van der Waals surface area contributed by atoms with Gasteiger partial charge in [-0.05, 0) is 47.9 Å². The van der Waals surface area contributed by atoms with Crippen molar-refractivity contribution >= 4 is 17.2 Å². The molecule has 3 aromatic carbocycles. The van der Waals surface area contributed by atoms with Gasteiger partial charge in [-0.2, -0.15) is 0 Å². The van der Waals surface area contributed by atoms with Crippen LogP contribution >= 0.6 is 11.3 Å². The summed E-state index contributed by atoms with van der Waals surface area (Å²) in [4.78, 5) is 18.9. The van der Waals surface area contributed by atoms with Gasteiger partial charge in [0.1, 0.15) is 28.9 Å². The second kappa shape index (κ2) is 12.2. The first-order valence-electron chi connectivity index (χ1n) is 11.5. The number of thiazole rings is 1. The Labute approximate surface area is 209 Å². The third-order valence-electron chi connectivity index (χ3n) is 5.38. The van der Waals surface area contributed by atoms with Gasteiger partial charge >= 0.3 is 0 Å². The Bertz CT molecular complexity index is 1210. The highest BCUT2D eigenvalue weighted by Crippen LogP contribution is 2.20. The minimum atomic E-state index is -0.252. The number of rotatable bonds is 11. The second-order valence-electron chi connectivity index (χ2n) is 8.18. The van der Waals surface area contributed by atoms with Crippen LogP contribution in [0.4, 0.5) is 4.39 Å². The lowest BCUT2D eigenvalue weighted by molar-refractivity contribution is 0.0951. The number of hydrogen-bond donors (Lipinski definition) is 1. The molecule has 0 aliphatic heterocycles. The molecule has 4 aromatic rings. The Kier molecular flexibility index (Phi) is 8.59. The summed E-state index contributed by atoms with van der Waals surface area (Å²) in [6.07, 6.45) is 0. The number of nitrogens with one attached hydrogen (secondary N) is 1. The van der Waals surface area contributed by atoms with Gasteiger partial charge in [-0.1, -0.05) is 54.6 Å². The van der Waals surface area contributed by atoms with Gasteiger partial charge in [-0.15, -0.1) is 11.3 Å². The van der Waals surface area contributed by atoms with Gasteiger partial charge in [0.05, 0.1) is 6.54 Å². The lowest BCUT2D eigenvalue weighted by Gasteiger charge is -2.22. The molecule has 7 heteroatoms. The number of halogens is 1. The lowest BCUT2D eigenvalue weighted by atomic mass is 10.1. The maximum atomic E-state index is 13.4. The molecule has 0 unspecified atom stereocenters. The maximum absolute atomic E-state index is 13.4. The van der Waals surface area contributed by atoms with Gasteiger partial charge in [-0.3, -0.25) is 9.69 Å². The van der Waals surface area contributed by atoms with E-state index in [9.17, 15) is 9.18 Å². The van der Waals surface area contributed by atoms with Crippen LogP contribution in [0.3, 0.4) is 0 Å². The zero-order chi connectivity index (χ0) is 24.5. The van der Waals surface area contributed by atoms with Crippen LogP contribution in [0.15, 0.2) is 84.2 Å². The molecule has 0 saturated carbocycles. The van der Waals surface area contributed by atoms with Gasteiger partial charge in [-0.25, -0.2) is 9.37 Å². The summed E-state index contributed by atoms with van der Waals surface area (Å²) in [7, 11) is 0. The van der Waals surface area contributed by atoms with Crippen molar-refractivity contribution in [2.24, 2.45) is 0 Å². The van der Waals surface area contributed by atoms with Crippen molar-refractivity contribution in [3.8, 4) is 5.75 Å². The summed E-state index contributed by atoms with van der Waals surface area (Å²) >= 11 is 1.47. The Morgan fingerprint density at radius 2 is 1.57 bits per heavy atom. The first-order chi connectivity index (χ1) is 17.1. The molecule has 4 rings (SSSR count). The fourth-order valence-electron chi connectivity index (χ4n) is 3.64. The molecule has 1 N–H and O–H groups in total. The number of nitrogens with zero attached hydrogens (tertiary/aromatic N) is 2. The Morgan fingerprint density at radius 3 is 2.23 bits per heavy atom. The van der Waals surface area contributed by atoms with Crippen molar-refractivity contribution in [3.05, 3.63) is 117 Å².